The Morgan fingerprint density at radius 3 is 2.46 bits per heavy atom. The fraction of sp³-hybridized carbons (Fsp3) is 0.455. The molecule has 1 N–H and O–H groups in total. The number of ether oxygens (including phenoxy) is 2. The predicted molar refractivity (Wildman–Crippen MR) is 110 cm³/mol. The van der Waals surface area contributed by atoms with Gasteiger partial charge in [-0.2, -0.15) is 0 Å². The molecule has 1 aliphatic rings. The number of alkyl carbamates (subject to hydrolysis) is 1. The van der Waals surface area contributed by atoms with Crippen molar-refractivity contribution in [2.24, 2.45) is 0 Å². The lowest BCUT2D eigenvalue weighted by molar-refractivity contribution is 0.0776. The lowest BCUT2D eigenvalue weighted by Gasteiger charge is -2.33. The van der Waals surface area contributed by atoms with Crippen LogP contribution in [0.5, 0.6) is 5.75 Å². The molecule has 0 saturated carbocycles. The monoisotopic (exact) mass is 383 g/mol. The van der Waals surface area contributed by atoms with Gasteiger partial charge >= 0.3 is 6.09 Å². The Bertz CT molecular complexity index is 749. The Morgan fingerprint density at radius 2 is 1.86 bits per heavy atom. The summed E-state index contributed by atoms with van der Waals surface area (Å²) < 4.78 is 11.3. The maximum absolute atomic E-state index is 11.9. The van der Waals surface area contributed by atoms with Crippen LogP contribution < -0.4 is 15.0 Å². The number of carbonyl (C=O) groups is 1. The third-order valence-electron chi connectivity index (χ3n) is 4.49. The Labute approximate surface area is 166 Å². The molecule has 0 unspecified atom stereocenters. The summed E-state index contributed by atoms with van der Waals surface area (Å²) in [6.45, 7) is 7.97. The van der Waals surface area contributed by atoms with Gasteiger partial charge in [-0.15, -0.1) is 0 Å². The van der Waals surface area contributed by atoms with E-state index in [1.165, 1.54) is 0 Å². The molecule has 1 aromatic carbocycles. The number of carbonyl (C=O) groups excluding carboxylic acids is 1. The molecule has 6 nitrogen and oxygen atoms in total. The van der Waals surface area contributed by atoms with Gasteiger partial charge in [-0.3, -0.25) is 0 Å². The summed E-state index contributed by atoms with van der Waals surface area (Å²) >= 11 is 0. The number of aromatic nitrogens is 1. The van der Waals surface area contributed by atoms with E-state index in [1.807, 2.05) is 63.2 Å². The van der Waals surface area contributed by atoms with Gasteiger partial charge < -0.3 is 19.7 Å². The molecule has 1 amide bonds. The van der Waals surface area contributed by atoms with E-state index in [0.717, 1.165) is 43.1 Å². The van der Waals surface area contributed by atoms with Gasteiger partial charge in [0, 0.05) is 31.5 Å². The van der Waals surface area contributed by atoms with Crippen molar-refractivity contribution < 1.29 is 14.3 Å². The van der Waals surface area contributed by atoms with E-state index in [0.29, 0.717) is 6.61 Å². The van der Waals surface area contributed by atoms with E-state index in [2.05, 4.69) is 15.2 Å². The molecule has 2 heterocycles. The first-order chi connectivity index (χ1) is 13.4. The van der Waals surface area contributed by atoms with Crippen molar-refractivity contribution in [2.75, 3.05) is 18.0 Å². The van der Waals surface area contributed by atoms with Crippen LogP contribution in [-0.2, 0) is 11.3 Å². The smallest absolute Gasteiger partial charge is 0.407 e. The zero-order chi connectivity index (χ0) is 20.0. The number of nitrogens with zero attached hydrogens (tertiary/aromatic N) is 2. The van der Waals surface area contributed by atoms with Gasteiger partial charge in [-0.1, -0.05) is 30.3 Å². The summed E-state index contributed by atoms with van der Waals surface area (Å²) in [5.41, 5.74) is 0.843. The standard InChI is InChI=1S/C22H29N3O3/c1-22(2,3)24-21(26)28-18-11-13-25(14-12-18)20-10-9-19(15-23-20)27-16-17-7-5-4-6-8-17/h4-10,15,18H,11-14,16H2,1-3H3,(H,24,26). The van der Waals surface area contributed by atoms with Crippen LogP contribution in [0.25, 0.3) is 0 Å². The van der Waals surface area contributed by atoms with Crippen molar-refractivity contribution in [3.63, 3.8) is 0 Å². The third-order valence-corrected chi connectivity index (χ3v) is 4.49. The zero-order valence-corrected chi connectivity index (χ0v) is 16.9. The summed E-state index contributed by atoms with van der Waals surface area (Å²) in [4.78, 5) is 18.6. The topological polar surface area (TPSA) is 63.7 Å². The molecule has 3 rings (SSSR count). The molecule has 150 valence electrons. The summed E-state index contributed by atoms with van der Waals surface area (Å²) in [5, 5.41) is 2.84. The van der Waals surface area contributed by atoms with Crippen molar-refractivity contribution in [3.05, 3.63) is 54.2 Å². The minimum absolute atomic E-state index is 0.0490. The first-order valence-electron chi connectivity index (χ1n) is 9.75. The molecule has 1 aliphatic heterocycles. The van der Waals surface area contributed by atoms with Gasteiger partial charge in [0.2, 0.25) is 0 Å². The highest BCUT2D eigenvalue weighted by atomic mass is 16.6. The molecule has 0 aliphatic carbocycles. The number of benzene rings is 1. The van der Waals surface area contributed by atoms with E-state index in [9.17, 15) is 4.79 Å². The molecular formula is C22H29N3O3. The van der Waals surface area contributed by atoms with Crippen LogP contribution in [0, 0.1) is 0 Å². The second-order valence-electron chi connectivity index (χ2n) is 8.09. The lowest BCUT2D eigenvalue weighted by Crippen LogP contribution is -2.44. The largest absolute Gasteiger partial charge is 0.487 e. The maximum Gasteiger partial charge on any atom is 0.407 e. The van der Waals surface area contributed by atoms with Crippen LogP contribution in [0.15, 0.2) is 48.7 Å². The van der Waals surface area contributed by atoms with Crippen molar-refractivity contribution in [1.82, 2.24) is 10.3 Å². The highest BCUT2D eigenvalue weighted by Gasteiger charge is 2.24. The fourth-order valence-electron chi connectivity index (χ4n) is 3.08. The predicted octanol–water partition coefficient (Wildman–Crippen LogP) is 4.15. The number of pyridine rings is 1. The van der Waals surface area contributed by atoms with E-state index < -0.39 is 0 Å². The molecule has 1 saturated heterocycles. The summed E-state index contributed by atoms with van der Waals surface area (Å²) in [6, 6.07) is 14.0. The Kier molecular flexibility index (Phi) is 6.39. The first-order valence-corrected chi connectivity index (χ1v) is 9.75. The van der Waals surface area contributed by atoms with Crippen LogP contribution in [-0.4, -0.2) is 35.8 Å². The van der Waals surface area contributed by atoms with Crippen molar-refractivity contribution in [1.29, 1.82) is 0 Å². The number of hydrogen-bond acceptors (Lipinski definition) is 5. The molecule has 0 spiro atoms. The number of amides is 1. The average molecular weight is 383 g/mol. The lowest BCUT2D eigenvalue weighted by atomic mass is 10.1. The molecule has 0 bridgehead atoms. The van der Waals surface area contributed by atoms with E-state index in [1.54, 1.807) is 6.20 Å². The highest BCUT2D eigenvalue weighted by molar-refractivity contribution is 5.68. The molecular weight excluding hydrogens is 354 g/mol. The van der Waals surface area contributed by atoms with Gasteiger partial charge in [0.15, 0.2) is 0 Å². The minimum Gasteiger partial charge on any atom is -0.487 e. The van der Waals surface area contributed by atoms with E-state index >= 15 is 0 Å². The SMILES string of the molecule is CC(C)(C)NC(=O)OC1CCN(c2ccc(OCc3ccccc3)cn2)CC1. The molecule has 28 heavy (non-hydrogen) atoms. The van der Waals surface area contributed by atoms with Gasteiger partial charge in [-0.05, 0) is 38.5 Å². The van der Waals surface area contributed by atoms with Crippen LogP contribution >= 0.6 is 0 Å². The van der Waals surface area contributed by atoms with Gasteiger partial charge in [0.05, 0.1) is 6.20 Å². The molecule has 0 atom stereocenters. The minimum atomic E-state index is -0.344. The summed E-state index contributed by atoms with van der Waals surface area (Å²) in [6.07, 6.45) is 2.96. The van der Waals surface area contributed by atoms with Crippen molar-refractivity contribution in [3.8, 4) is 5.75 Å². The van der Waals surface area contributed by atoms with Gasteiger partial charge in [-0.25, -0.2) is 9.78 Å². The Hall–Kier alpha value is -2.76. The molecule has 6 heteroatoms. The molecule has 1 fully saturated rings. The van der Waals surface area contributed by atoms with E-state index in [4.69, 9.17) is 9.47 Å². The van der Waals surface area contributed by atoms with Crippen LogP contribution in [0.1, 0.15) is 39.2 Å². The van der Waals surface area contributed by atoms with Crippen LogP contribution in [0.4, 0.5) is 10.6 Å². The number of rotatable bonds is 5. The first kappa shape index (κ1) is 20.0. The number of piperidine rings is 1. The summed E-state index contributed by atoms with van der Waals surface area (Å²) in [7, 11) is 0. The number of anilines is 1. The average Bonchev–Trinajstić information content (AvgIpc) is 2.67. The maximum atomic E-state index is 11.9. The number of nitrogens with one attached hydrogen (secondary N) is 1. The van der Waals surface area contributed by atoms with Crippen molar-refractivity contribution in [2.45, 2.75) is 51.9 Å². The normalized spacial score (nSPS) is 15.2. The third kappa shape index (κ3) is 6.15. The molecule has 0 radical (unpaired) electrons. The second kappa shape index (κ2) is 8.95. The van der Waals surface area contributed by atoms with Crippen LogP contribution in [0.2, 0.25) is 0 Å². The Morgan fingerprint density at radius 1 is 1.14 bits per heavy atom. The van der Waals surface area contributed by atoms with Gasteiger partial charge in [0.1, 0.15) is 24.3 Å². The highest BCUT2D eigenvalue weighted by Crippen LogP contribution is 2.22. The number of hydrogen-bond donors (Lipinski definition) is 1. The molecule has 1 aromatic heterocycles. The van der Waals surface area contributed by atoms with Crippen LogP contribution in [0.3, 0.4) is 0 Å². The quantitative estimate of drug-likeness (QED) is 0.840. The zero-order valence-electron chi connectivity index (χ0n) is 16.9. The van der Waals surface area contributed by atoms with Gasteiger partial charge in [0.25, 0.3) is 0 Å². The Balaban J connectivity index is 1.45. The van der Waals surface area contributed by atoms with Crippen molar-refractivity contribution >= 4 is 11.9 Å². The fourth-order valence-corrected chi connectivity index (χ4v) is 3.08. The summed E-state index contributed by atoms with van der Waals surface area (Å²) in [5.74, 6) is 1.68. The second-order valence-corrected chi connectivity index (χ2v) is 8.09. The molecule has 2 aromatic rings. The van der Waals surface area contributed by atoms with E-state index in [-0.39, 0.29) is 17.7 Å².